The topological polar surface area (TPSA) is 79.5 Å². The van der Waals surface area contributed by atoms with E-state index in [1.54, 1.807) is 24.3 Å². The lowest BCUT2D eigenvalue weighted by Gasteiger charge is -2.17. The Bertz CT molecular complexity index is 631. The summed E-state index contributed by atoms with van der Waals surface area (Å²) < 4.78 is 27.1. The minimum absolute atomic E-state index is 0.213. The maximum absolute atomic E-state index is 12.2. The highest BCUT2D eigenvalue weighted by atomic mass is 32.2. The Morgan fingerprint density at radius 3 is 2.41 bits per heavy atom. The van der Waals surface area contributed by atoms with Crippen LogP contribution in [0, 0.1) is 5.41 Å². The van der Waals surface area contributed by atoms with Crippen LogP contribution in [0.1, 0.15) is 39.2 Å². The van der Waals surface area contributed by atoms with Crippen molar-refractivity contribution in [3.8, 4) is 0 Å². The van der Waals surface area contributed by atoms with Gasteiger partial charge in [-0.3, -0.25) is 5.43 Å². The summed E-state index contributed by atoms with van der Waals surface area (Å²) in [7, 11) is -3.46. The van der Waals surface area contributed by atoms with E-state index in [-0.39, 0.29) is 10.3 Å². The molecule has 3 N–H and O–H groups in total. The molecule has 0 fully saturated rings. The minimum atomic E-state index is -3.46. The molecule has 0 bridgehead atoms. The van der Waals surface area contributed by atoms with Gasteiger partial charge in [0.05, 0.1) is 10.6 Å². The molecule has 0 atom stereocenters. The van der Waals surface area contributed by atoms with Gasteiger partial charge in [-0.25, -0.2) is 13.1 Å². The van der Waals surface area contributed by atoms with E-state index in [2.05, 4.69) is 36.5 Å². The maximum atomic E-state index is 12.2. The van der Waals surface area contributed by atoms with E-state index >= 15 is 0 Å². The first-order valence-electron chi connectivity index (χ1n) is 7.25. The lowest BCUT2D eigenvalue weighted by Crippen LogP contribution is -2.25. The van der Waals surface area contributed by atoms with Crippen LogP contribution >= 0.6 is 0 Å². The SMILES string of the molecule is CC(C)(C)CCCNS(=O)(=O)c1ccc(C2=CONN2)cc1. The van der Waals surface area contributed by atoms with E-state index in [0.717, 1.165) is 24.1 Å². The van der Waals surface area contributed by atoms with Crippen LogP contribution in [0.4, 0.5) is 0 Å². The minimum Gasteiger partial charge on any atom is -0.395 e. The molecule has 1 aliphatic rings. The van der Waals surface area contributed by atoms with Crippen LogP contribution < -0.4 is 15.7 Å². The number of sulfonamides is 1. The molecule has 0 aromatic heterocycles. The second-order valence-electron chi connectivity index (χ2n) is 6.46. The van der Waals surface area contributed by atoms with Crippen LogP contribution in [-0.2, 0) is 14.9 Å². The lowest BCUT2D eigenvalue weighted by atomic mass is 9.91. The predicted octanol–water partition coefficient (Wildman–Crippen LogP) is 2.13. The molecule has 0 spiro atoms. The number of hydrazine groups is 1. The van der Waals surface area contributed by atoms with Crippen LogP contribution in [0.2, 0.25) is 0 Å². The average molecular weight is 325 g/mol. The smallest absolute Gasteiger partial charge is 0.240 e. The van der Waals surface area contributed by atoms with Gasteiger partial charge in [0.1, 0.15) is 6.26 Å². The number of rotatable bonds is 6. The van der Waals surface area contributed by atoms with E-state index in [1.165, 1.54) is 6.26 Å². The fourth-order valence-corrected chi connectivity index (χ4v) is 3.14. The van der Waals surface area contributed by atoms with Crippen LogP contribution in [-0.4, -0.2) is 15.0 Å². The largest absolute Gasteiger partial charge is 0.395 e. The van der Waals surface area contributed by atoms with Gasteiger partial charge in [0.15, 0.2) is 0 Å². The van der Waals surface area contributed by atoms with E-state index in [4.69, 9.17) is 4.84 Å². The van der Waals surface area contributed by atoms with Crippen LogP contribution in [0.5, 0.6) is 0 Å². The van der Waals surface area contributed by atoms with Crippen LogP contribution in [0.25, 0.3) is 5.70 Å². The second kappa shape index (κ2) is 6.68. The van der Waals surface area contributed by atoms with Gasteiger partial charge in [-0.2, -0.15) is 0 Å². The normalized spacial score (nSPS) is 15.1. The van der Waals surface area contributed by atoms with Gasteiger partial charge in [0, 0.05) is 12.1 Å². The number of hydrogen-bond acceptors (Lipinski definition) is 5. The van der Waals surface area contributed by atoms with Crippen molar-refractivity contribution in [3.05, 3.63) is 36.1 Å². The van der Waals surface area contributed by atoms with Gasteiger partial charge in [0.25, 0.3) is 0 Å². The average Bonchev–Trinajstić information content (AvgIpc) is 2.97. The summed E-state index contributed by atoms with van der Waals surface area (Å²) in [6.07, 6.45) is 3.32. The van der Waals surface area contributed by atoms with E-state index in [9.17, 15) is 8.42 Å². The molecule has 0 unspecified atom stereocenters. The molecule has 22 heavy (non-hydrogen) atoms. The van der Waals surface area contributed by atoms with Gasteiger partial charge in [-0.1, -0.05) is 38.5 Å². The molecule has 122 valence electrons. The Balaban J connectivity index is 1.94. The van der Waals surface area contributed by atoms with Crippen molar-refractivity contribution < 1.29 is 13.3 Å². The van der Waals surface area contributed by atoms with Gasteiger partial charge in [-0.05, 0) is 30.4 Å². The predicted molar refractivity (Wildman–Crippen MR) is 85.7 cm³/mol. The summed E-state index contributed by atoms with van der Waals surface area (Å²) in [6.45, 7) is 6.88. The van der Waals surface area contributed by atoms with Crippen molar-refractivity contribution in [3.63, 3.8) is 0 Å². The Morgan fingerprint density at radius 1 is 1.18 bits per heavy atom. The molecule has 0 saturated carbocycles. The molecule has 7 heteroatoms. The van der Waals surface area contributed by atoms with E-state index < -0.39 is 10.0 Å². The molecule has 1 aliphatic heterocycles. The molecule has 1 aromatic carbocycles. The number of nitrogens with one attached hydrogen (secondary N) is 3. The van der Waals surface area contributed by atoms with E-state index in [1.807, 2.05) is 0 Å². The summed E-state index contributed by atoms with van der Waals surface area (Å²) >= 11 is 0. The fourth-order valence-electron chi connectivity index (χ4n) is 2.06. The lowest BCUT2D eigenvalue weighted by molar-refractivity contribution is 0.138. The zero-order valence-electron chi connectivity index (χ0n) is 13.1. The van der Waals surface area contributed by atoms with Gasteiger partial charge < -0.3 is 4.84 Å². The van der Waals surface area contributed by atoms with Crippen molar-refractivity contribution in [1.82, 2.24) is 15.7 Å². The standard InChI is InChI=1S/C15H23N3O3S/c1-15(2,3)9-4-10-16-22(19,20)13-7-5-12(6-8-13)14-11-21-18-17-14/h5-8,11,16-18H,4,9-10H2,1-3H3. The highest BCUT2D eigenvalue weighted by Gasteiger charge is 2.16. The first kappa shape index (κ1) is 16.8. The Kier molecular flexibility index (Phi) is 5.10. The Hall–Kier alpha value is -1.57. The molecule has 0 saturated heterocycles. The Morgan fingerprint density at radius 2 is 1.86 bits per heavy atom. The van der Waals surface area contributed by atoms with Gasteiger partial charge in [-0.15, -0.1) is 0 Å². The summed E-state index contributed by atoms with van der Waals surface area (Å²) in [5, 5.41) is 0. The molecule has 2 rings (SSSR count). The molecular weight excluding hydrogens is 302 g/mol. The monoisotopic (exact) mass is 325 g/mol. The third-order valence-corrected chi connectivity index (χ3v) is 4.77. The van der Waals surface area contributed by atoms with Crippen LogP contribution in [0.15, 0.2) is 35.4 Å². The van der Waals surface area contributed by atoms with Crippen LogP contribution in [0.3, 0.4) is 0 Å². The molecule has 1 heterocycles. The first-order valence-corrected chi connectivity index (χ1v) is 8.73. The van der Waals surface area contributed by atoms with Crippen molar-refractivity contribution in [2.45, 2.75) is 38.5 Å². The quantitative estimate of drug-likeness (QED) is 0.698. The first-order chi connectivity index (χ1) is 10.3. The summed E-state index contributed by atoms with van der Waals surface area (Å²) in [4.78, 5) is 5.11. The van der Waals surface area contributed by atoms with Gasteiger partial charge >= 0.3 is 0 Å². The fraction of sp³-hybridized carbons (Fsp3) is 0.467. The zero-order chi connectivity index (χ0) is 16.2. The third kappa shape index (κ3) is 4.72. The van der Waals surface area contributed by atoms with Gasteiger partial charge in [0.2, 0.25) is 10.0 Å². The van der Waals surface area contributed by atoms with E-state index in [0.29, 0.717) is 6.54 Å². The number of benzene rings is 1. The van der Waals surface area contributed by atoms with Crippen molar-refractivity contribution in [2.24, 2.45) is 5.41 Å². The molecule has 1 aromatic rings. The molecule has 6 nitrogen and oxygen atoms in total. The maximum Gasteiger partial charge on any atom is 0.240 e. The third-order valence-electron chi connectivity index (χ3n) is 3.29. The second-order valence-corrected chi connectivity index (χ2v) is 8.23. The highest BCUT2D eigenvalue weighted by Crippen LogP contribution is 2.20. The molecule has 0 amide bonds. The number of hydrogen-bond donors (Lipinski definition) is 3. The Labute approximate surface area is 131 Å². The summed E-state index contributed by atoms with van der Waals surface area (Å²) in [5.74, 6) is 0. The summed E-state index contributed by atoms with van der Waals surface area (Å²) in [5.41, 5.74) is 7.11. The van der Waals surface area contributed by atoms with Crippen molar-refractivity contribution >= 4 is 15.7 Å². The molecule has 0 aliphatic carbocycles. The molecule has 0 radical (unpaired) electrons. The van der Waals surface area contributed by atoms with Crippen molar-refractivity contribution in [1.29, 1.82) is 0 Å². The van der Waals surface area contributed by atoms with Crippen molar-refractivity contribution in [2.75, 3.05) is 6.54 Å². The zero-order valence-corrected chi connectivity index (χ0v) is 14.0. The summed E-state index contributed by atoms with van der Waals surface area (Å²) in [6, 6.07) is 6.64. The molecular formula is C15H23N3O3S. The highest BCUT2D eigenvalue weighted by molar-refractivity contribution is 7.89.